The van der Waals surface area contributed by atoms with Crippen LogP contribution in [0, 0.1) is 0 Å². The highest BCUT2D eigenvalue weighted by molar-refractivity contribution is 8.74. The van der Waals surface area contributed by atoms with E-state index in [0.29, 0.717) is 0 Å². The Hall–Kier alpha value is 0.300. The van der Waals surface area contributed by atoms with Crippen molar-refractivity contribution in [2.75, 3.05) is 6.26 Å². The Morgan fingerprint density at radius 2 is 1.19 bits per heavy atom. The number of carbonyl (C=O) groups is 2. The highest BCUT2D eigenvalue weighted by Crippen LogP contribution is 2.08. The van der Waals surface area contributed by atoms with Crippen molar-refractivity contribution in [1.82, 2.24) is 0 Å². The molecular formula is C7H16O5S4. The molecule has 0 spiro atoms. The largest absolute Gasteiger partial charge is 0.480 e. The number of hydrogen-bond donors (Lipinski definition) is 5. The standard InChI is InChI=1S/2C3H6O2S.CH4OS2/c2*1-2(6)3(4)5;1-3-4-2/h2*2,6H,1H3,(H,4,5);2H,1H3. The second kappa shape index (κ2) is 15.3. The number of rotatable bonds is 3. The van der Waals surface area contributed by atoms with Crippen LogP contribution in [-0.2, 0) is 9.59 Å². The van der Waals surface area contributed by atoms with Crippen molar-refractivity contribution in [1.29, 1.82) is 0 Å². The monoisotopic (exact) mass is 308 g/mol. The van der Waals surface area contributed by atoms with Crippen LogP contribution in [0.1, 0.15) is 13.8 Å². The fraction of sp³-hybridized carbons (Fsp3) is 0.714. The zero-order valence-corrected chi connectivity index (χ0v) is 12.4. The maximum atomic E-state index is 9.62. The van der Waals surface area contributed by atoms with Crippen molar-refractivity contribution in [3.05, 3.63) is 0 Å². The highest BCUT2D eigenvalue weighted by atomic mass is 33.1. The molecule has 0 aromatic carbocycles. The van der Waals surface area contributed by atoms with Crippen LogP contribution in [0.25, 0.3) is 0 Å². The molecule has 0 aromatic rings. The number of thiol groups is 2. The van der Waals surface area contributed by atoms with Gasteiger partial charge in [0.2, 0.25) is 0 Å². The summed E-state index contributed by atoms with van der Waals surface area (Å²) in [5.74, 6) is -1.75. The third kappa shape index (κ3) is 29.2. The van der Waals surface area contributed by atoms with E-state index in [1.54, 1.807) is 0 Å². The molecule has 98 valence electrons. The molecule has 16 heavy (non-hydrogen) atoms. The summed E-state index contributed by atoms with van der Waals surface area (Å²) < 4.78 is 7.75. The lowest BCUT2D eigenvalue weighted by atomic mass is 10.5. The first-order chi connectivity index (χ1) is 7.20. The lowest BCUT2D eigenvalue weighted by molar-refractivity contribution is -0.137. The van der Waals surface area contributed by atoms with Gasteiger partial charge in [-0.2, -0.15) is 25.3 Å². The van der Waals surface area contributed by atoms with Crippen LogP contribution in [-0.4, -0.2) is 43.5 Å². The summed E-state index contributed by atoms with van der Waals surface area (Å²) in [6, 6.07) is 0. The predicted molar refractivity (Wildman–Crippen MR) is 75.9 cm³/mol. The van der Waals surface area contributed by atoms with Gasteiger partial charge in [0, 0.05) is 0 Å². The first-order valence-electron chi connectivity index (χ1n) is 3.86. The van der Waals surface area contributed by atoms with Crippen LogP contribution in [0.3, 0.4) is 0 Å². The van der Waals surface area contributed by atoms with Crippen molar-refractivity contribution < 1.29 is 24.4 Å². The van der Waals surface area contributed by atoms with Gasteiger partial charge in [0.25, 0.3) is 0 Å². The van der Waals surface area contributed by atoms with E-state index >= 15 is 0 Å². The minimum atomic E-state index is -0.877. The molecule has 2 atom stereocenters. The number of carboxylic acid groups (broad SMARTS) is 2. The Morgan fingerprint density at radius 1 is 1.06 bits per heavy atom. The van der Waals surface area contributed by atoms with E-state index in [9.17, 15) is 9.59 Å². The molecule has 9 heteroatoms. The highest BCUT2D eigenvalue weighted by Gasteiger charge is 2.00. The molecule has 0 aromatic heterocycles. The maximum Gasteiger partial charge on any atom is 0.316 e. The zero-order valence-electron chi connectivity index (χ0n) is 9.02. The van der Waals surface area contributed by atoms with E-state index in [1.807, 2.05) is 6.26 Å². The maximum absolute atomic E-state index is 9.62. The van der Waals surface area contributed by atoms with Gasteiger partial charge < -0.3 is 14.8 Å². The molecule has 0 aliphatic rings. The fourth-order valence-corrected chi connectivity index (χ4v) is 0. The normalized spacial score (nSPS) is 12.1. The molecule has 0 rings (SSSR count). The molecular weight excluding hydrogens is 292 g/mol. The smallest absolute Gasteiger partial charge is 0.316 e. The minimum absolute atomic E-state index is 0.537. The Bertz CT molecular complexity index is 166. The van der Waals surface area contributed by atoms with E-state index in [0.717, 1.165) is 11.1 Å². The molecule has 0 radical (unpaired) electrons. The molecule has 0 aliphatic carbocycles. The molecule has 0 saturated carbocycles. The second-order valence-corrected chi connectivity index (χ2v) is 5.75. The van der Waals surface area contributed by atoms with Crippen LogP contribution in [0.15, 0.2) is 0 Å². The van der Waals surface area contributed by atoms with E-state index < -0.39 is 22.4 Å². The number of hydrogen-bond acceptors (Lipinski definition) is 7. The van der Waals surface area contributed by atoms with Gasteiger partial charge in [0.1, 0.15) is 0 Å². The van der Waals surface area contributed by atoms with E-state index in [2.05, 4.69) is 25.3 Å². The van der Waals surface area contributed by atoms with Crippen molar-refractivity contribution >= 4 is 59.1 Å². The van der Waals surface area contributed by atoms with Gasteiger partial charge in [-0.1, -0.05) is 10.8 Å². The summed E-state index contributed by atoms with van der Waals surface area (Å²) >= 11 is 7.96. The van der Waals surface area contributed by atoms with Gasteiger partial charge in [-0.05, 0) is 20.1 Å². The summed E-state index contributed by atoms with van der Waals surface area (Å²) in [5, 5.41) is 14.8. The van der Waals surface area contributed by atoms with Crippen LogP contribution >= 0.6 is 47.1 Å². The lowest BCUT2D eigenvalue weighted by Crippen LogP contribution is -2.06. The molecule has 0 aliphatic heterocycles. The summed E-state index contributed by atoms with van der Waals surface area (Å²) in [4.78, 5) is 19.2. The molecule has 0 saturated heterocycles. The van der Waals surface area contributed by atoms with Crippen LogP contribution in [0.2, 0.25) is 0 Å². The van der Waals surface area contributed by atoms with Crippen LogP contribution in [0.5, 0.6) is 0 Å². The van der Waals surface area contributed by atoms with Crippen molar-refractivity contribution in [3.8, 4) is 0 Å². The molecule has 0 amide bonds. The Morgan fingerprint density at radius 3 is 1.19 bits per heavy atom. The topological polar surface area (TPSA) is 94.8 Å². The third-order valence-electron chi connectivity index (χ3n) is 0.789. The molecule has 0 bridgehead atoms. The van der Waals surface area contributed by atoms with Gasteiger partial charge in [0.05, 0.1) is 21.6 Å². The van der Waals surface area contributed by atoms with Gasteiger partial charge in [-0.3, -0.25) is 9.59 Å². The average molecular weight is 308 g/mol. The Balaban J connectivity index is -0.000000162. The average Bonchev–Trinajstić information content (AvgIpc) is 2.18. The summed E-state index contributed by atoms with van der Waals surface area (Å²) in [7, 11) is 1.33. The Kier molecular flexibility index (Phi) is 20.6. The van der Waals surface area contributed by atoms with Crippen LogP contribution < -0.4 is 0 Å². The molecule has 0 fully saturated rings. The SMILES string of the molecule is CC(S)C(=O)O.CC(S)C(=O)O.CSSO. The molecule has 2 unspecified atom stereocenters. The second-order valence-electron chi connectivity index (χ2n) is 2.27. The molecule has 5 nitrogen and oxygen atoms in total. The fourth-order valence-electron chi connectivity index (χ4n) is 0. The zero-order chi connectivity index (χ0) is 13.7. The van der Waals surface area contributed by atoms with Crippen LogP contribution in [0.4, 0.5) is 0 Å². The summed E-state index contributed by atoms with van der Waals surface area (Å²) in [6.07, 6.45) is 1.81. The number of aliphatic carboxylic acids is 2. The summed E-state index contributed by atoms with van der Waals surface area (Å²) in [6.45, 7) is 3.01. The van der Waals surface area contributed by atoms with Gasteiger partial charge in [-0.15, -0.1) is 0 Å². The summed E-state index contributed by atoms with van der Waals surface area (Å²) in [5.41, 5.74) is 0. The van der Waals surface area contributed by atoms with Crippen molar-refractivity contribution in [2.24, 2.45) is 0 Å². The van der Waals surface area contributed by atoms with Crippen molar-refractivity contribution in [2.45, 2.75) is 24.3 Å². The lowest BCUT2D eigenvalue weighted by Gasteiger charge is -1.88. The van der Waals surface area contributed by atoms with E-state index in [4.69, 9.17) is 14.8 Å². The van der Waals surface area contributed by atoms with Gasteiger partial charge >= 0.3 is 11.9 Å². The Labute approximate surface area is 114 Å². The first kappa shape index (κ1) is 21.6. The minimum Gasteiger partial charge on any atom is -0.480 e. The van der Waals surface area contributed by atoms with Crippen molar-refractivity contribution in [3.63, 3.8) is 0 Å². The molecule has 3 N–H and O–H groups in total. The predicted octanol–water partition coefficient (Wildman–Crippen LogP) is 2.25. The number of carboxylic acids is 2. The third-order valence-corrected chi connectivity index (χ3v) is 1.83. The van der Waals surface area contributed by atoms with Gasteiger partial charge in [0.15, 0.2) is 0 Å². The first-order valence-corrected chi connectivity index (χ1v) is 7.41. The van der Waals surface area contributed by atoms with Gasteiger partial charge in [-0.25, -0.2) is 0 Å². The van der Waals surface area contributed by atoms with E-state index in [1.165, 1.54) is 24.6 Å². The van der Waals surface area contributed by atoms with E-state index in [-0.39, 0.29) is 0 Å². The quantitative estimate of drug-likeness (QED) is 0.310. The molecule has 0 heterocycles.